The second-order valence-corrected chi connectivity index (χ2v) is 6.39. The van der Waals surface area contributed by atoms with E-state index in [0.29, 0.717) is 24.5 Å². The van der Waals surface area contributed by atoms with Crippen LogP contribution < -0.4 is 15.2 Å². The number of fused-ring (bicyclic) bond motifs is 3. The lowest BCUT2D eigenvalue weighted by Crippen LogP contribution is -2.52. The number of piperidine rings is 1. The molecule has 108 valence electrons. The molecule has 4 heteroatoms. The topological polar surface area (TPSA) is 47.7 Å². The number of benzene rings is 1. The average Bonchev–Trinajstić information content (AvgIpc) is 2.70. The lowest BCUT2D eigenvalue weighted by Gasteiger charge is -2.38. The molecule has 1 saturated heterocycles. The second-order valence-electron chi connectivity index (χ2n) is 6.39. The van der Waals surface area contributed by atoms with Gasteiger partial charge < -0.3 is 15.2 Å². The molecule has 0 aromatic heterocycles. The molecular formula is C16H22N2O2. The molecule has 1 aliphatic carbocycles. The number of nitrogens with zero attached hydrogens (tertiary/aromatic N) is 1. The molecule has 2 fully saturated rings. The molecule has 3 aliphatic rings. The minimum atomic E-state index is 0.138. The molecule has 20 heavy (non-hydrogen) atoms. The Bertz CT molecular complexity index is 479. The summed E-state index contributed by atoms with van der Waals surface area (Å²) in [6, 6.07) is 8.34. The van der Waals surface area contributed by atoms with Crippen molar-refractivity contribution in [3.63, 3.8) is 0 Å². The van der Waals surface area contributed by atoms with Crippen molar-refractivity contribution < 1.29 is 9.47 Å². The van der Waals surface area contributed by atoms with Gasteiger partial charge in [-0.1, -0.05) is 12.1 Å². The molecule has 4 rings (SSSR count). The van der Waals surface area contributed by atoms with Gasteiger partial charge in [-0.2, -0.15) is 0 Å². The van der Waals surface area contributed by atoms with Crippen LogP contribution in [0.2, 0.25) is 0 Å². The molecule has 4 nitrogen and oxygen atoms in total. The Hall–Kier alpha value is -1.26. The largest absolute Gasteiger partial charge is 0.486 e. The summed E-state index contributed by atoms with van der Waals surface area (Å²) in [6.45, 7) is 3.85. The van der Waals surface area contributed by atoms with Gasteiger partial charge in [-0.25, -0.2) is 0 Å². The molecule has 4 atom stereocenters. The molecular weight excluding hydrogens is 252 g/mol. The molecule has 0 radical (unpaired) electrons. The van der Waals surface area contributed by atoms with E-state index in [1.54, 1.807) is 0 Å². The summed E-state index contributed by atoms with van der Waals surface area (Å²) in [7, 11) is 0. The van der Waals surface area contributed by atoms with Gasteiger partial charge in [-0.05, 0) is 36.8 Å². The van der Waals surface area contributed by atoms with Crippen LogP contribution in [0.25, 0.3) is 0 Å². The summed E-state index contributed by atoms with van der Waals surface area (Å²) in [6.07, 6.45) is 2.74. The number of nitrogens with two attached hydrogens (primary N) is 1. The standard InChI is InChI=1S/C16H22N2O2/c17-16-11-5-6-12(16)8-18(7-11)9-13-10-19-14-3-1-2-4-15(14)20-13/h1-4,11-13,16H,5-10,17H2/t11-,12+,13?,16?. The van der Waals surface area contributed by atoms with E-state index < -0.39 is 0 Å². The van der Waals surface area contributed by atoms with E-state index in [2.05, 4.69) is 4.90 Å². The van der Waals surface area contributed by atoms with Crippen molar-refractivity contribution in [1.29, 1.82) is 0 Å². The van der Waals surface area contributed by atoms with Crippen molar-refractivity contribution in [3.8, 4) is 11.5 Å². The number of hydrogen-bond acceptors (Lipinski definition) is 4. The van der Waals surface area contributed by atoms with Crippen LogP contribution in [0.1, 0.15) is 12.8 Å². The summed E-state index contributed by atoms with van der Waals surface area (Å²) in [5, 5.41) is 0. The Morgan fingerprint density at radius 3 is 2.55 bits per heavy atom. The van der Waals surface area contributed by atoms with Gasteiger partial charge in [0.15, 0.2) is 11.5 Å². The third-order valence-corrected chi connectivity index (χ3v) is 5.01. The highest BCUT2D eigenvalue weighted by Crippen LogP contribution is 2.36. The lowest BCUT2D eigenvalue weighted by molar-refractivity contribution is 0.0394. The van der Waals surface area contributed by atoms with Gasteiger partial charge in [0.25, 0.3) is 0 Å². The fraction of sp³-hybridized carbons (Fsp3) is 0.625. The third-order valence-electron chi connectivity index (χ3n) is 5.01. The first-order valence-corrected chi connectivity index (χ1v) is 7.66. The summed E-state index contributed by atoms with van der Waals surface area (Å²) in [5.74, 6) is 3.11. The van der Waals surface area contributed by atoms with Crippen LogP contribution in [0.3, 0.4) is 0 Å². The third kappa shape index (κ3) is 2.17. The highest BCUT2D eigenvalue weighted by atomic mass is 16.6. The Morgan fingerprint density at radius 1 is 1.10 bits per heavy atom. The van der Waals surface area contributed by atoms with Gasteiger partial charge >= 0.3 is 0 Å². The van der Waals surface area contributed by atoms with Gasteiger partial charge in [0, 0.05) is 25.7 Å². The molecule has 1 saturated carbocycles. The molecule has 2 N–H and O–H groups in total. The maximum Gasteiger partial charge on any atom is 0.161 e. The van der Waals surface area contributed by atoms with Crippen molar-refractivity contribution in [2.24, 2.45) is 17.6 Å². The van der Waals surface area contributed by atoms with Gasteiger partial charge in [0.2, 0.25) is 0 Å². The zero-order valence-corrected chi connectivity index (χ0v) is 11.7. The van der Waals surface area contributed by atoms with Crippen molar-refractivity contribution in [2.75, 3.05) is 26.2 Å². The molecule has 2 unspecified atom stereocenters. The zero-order valence-electron chi connectivity index (χ0n) is 11.7. The van der Waals surface area contributed by atoms with Crippen LogP contribution in [0.15, 0.2) is 24.3 Å². The molecule has 0 amide bonds. The van der Waals surface area contributed by atoms with E-state index in [1.165, 1.54) is 12.8 Å². The van der Waals surface area contributed by atoms with Crippen LogP contribution in [0, 0.1) is 11.8 Å². The summed E-state index contributed by atoms with van der Waals surface area (Å²) >= 11 is 0. The van der Waals surface area contributed by atoms with Crippen LogP contribution >= 0.6 is 0 Å². The van der Waals surface area contributed by atoms with E-state index in [0.717, 1.165) is 31.1 Å². The smallest absolute Gasteiger partial charge is 0.161 e. The Kier molecular flexibility index (Phi) is 3.08. The normalized spacial score (nSPS) is 36.0. The second kappa shape index (κ2) is 4.93. The quantitative estimate of drug-likeness (QED) is 0.888. The van der Waals surface area contributed by atoms with Crippen LogP contribution in [-0.4, -0.2) is 43.3 Å². The first-order valence-electron chi connectivity index (χ1n) is 7.66. The zero-order chi connectivity index (χ0) is 13.5. The van der Waals surface area contributed by atoms with Gasteiger partial charge in [-0.3, -0.25) is 4.90 Å². The van der Waals surface area contributed by atoms with Crippen LogP contribution in [0.4, 0.5) is 0 Å². The van der Waals surface area contributed by atoms with Crippen molar-refractivity contribution in [3.05, 3.63) is 24.3 Å². The first-order chi connectivity index (χ1) is 9.79. The predicted molar refractivity (Wildman–Crippen MR) is 77.0 cm³/mol. The Labute approximate surface area is 119 Å². The fourth-order valence-corrected chi connectivity index (χ4v) is 3.95. The number of hydrogen-bond donors (Lipinski definition) is 1. The van der Waals surface area contributed by atoms with Gasteiger partial charge in [-0.15, -0.1) is 0 Å². The highest BCUT2D eigenvalue weighted by molar-refractivity contribution is 5.40. The molecule has 1 aromatic rings. The maximum atomic E-state index is 6.26. The maximum absolute atomic E-state index is 6.26. The predicted octanol–water partition coefficient (Wildman–Crippen LogP) is 1.50. The van der Waals surface area contributed by atoms with Crippen LogP contribution in [-0.2, 0) is 0 Å². The molecule has 2 heterocycles. The van der Waals surface area contributed by atoms with Gasteiger partial charge in [0.05, 0.1) is 0 Å². The van der Waals surface area contributed by atoms with E-state index >= 15 is 0 Å². The van der Waals surface area contributed by atoms with Crippen molar-refractivity contribution in [2.45, 2.75) is 25.0 Å². The number of para-hydroxylation sites is 2. The first kappa shape index (κ1) is 12.5. The summed E-state index contributed by atoms with van der Waals surface area (Å²) < 4.78 is 11.8. The number of rotatable bonds is 2. The number of likely N-dealkylation sites (tertiary alicyclic amines) is 1. The monoisotopic (exact) mass is 274 g/mol. The van der Waals surface area contributed by atoms with E-state index in [1.807, 2.05) is 24.3 Å². The summed E-state index contributed by atoms with van der Waals surface area (Å²) in [5.41, 5.74) is 6.26. The van der Waals surface area contributed by atoms with E-state index in [9.17, 15) is 0 Å². The molecule has 2 aliphatic heterocycles. The van der Waals surface area contributed by atoms with E-state index in [4.69, 9.17) is 15.2 Å². The Morgan fingerprint density at radius 2 is 1.80 bits per heavy atom. The molecule has 0 spiro atoms. The van der Waals surface area contributed by atoms with Crippen molar-refractivity contribution in [1.82, 2.24) is 4.90 Å². The van der Waals surface area contributed by atoms with E-state index in [-0.39, 0.29) is 6.10 Å². The van der Waals surface area contributed by atoms with Gasteiger partial charge in [0.1, 0.15) is 12.7 Å². The minimum Gasteiger partial charge on any atom is -0.486 e. The average molecular weight is 274 g/mol. The Balaban J connectivity index is 1.39. The van der Waals surface area contributed by atoms with Crippen LogP contribution in [0.5, 0.6) is 11.5 Å². The molecule has 2 bridgehead atoms. The minimum absolute atomic E-state index is 0.138. The lowest BCUT2D eigenvalue weighted by atomic mass is 9.93. The highest BCUT2D eigenvalue weighted by Gasteiger charge is 2.40. The molecule has 1 aromatic carbocycles. The van der Waals surface area contributed by atoms with Crippen molar-refractivity contribution >= 4 is 0 Å². The number of ether oxygens (including phenoxy) is 2. The summed E-state index contributed by atoms with van der Waals surface area (Å²) in [4.78, 5) is 2.52. The fourth-order valence-electron chi connectivity index (χ4n) is 3.95. The SMILES string of the molecule is NC1[C@@H]2CC[C@H]1CN(CC1COc3ccccc3O1)C2.